The van der Waals surface area contributed by atoms with Crippen LogP contribution in [0.2, 0.25) is 0 Å². The number of hydrogen-bond acceptors (Lipinski definition) is 7. The van der Waals surface area contributed by atoms with Gasteiger partial charge in [0.25, 0.3) is 0 Å². The minimum absolute atomic E-state index is 0.194. The number of ether oxygens (including phenoxy) is 1. The lowest BCUT2D eigenvalue weighted by Crippen LogP contribution is -2.39. The molecule has 0 atom stereocenters. The van der Waals surface area contributed by atoms with E-state index in [1.54, 1.807) is 23.1 Å². The maximum atomic E-state index is 12.4. The van der Waals surface area contributed by atoms with Crippen LogP contribution < -0.4 is 5.32 Å². The van der Waals surface area contributed by atoms with E-state index in [9.17, 15) is 14.7 Å². The van der Waals surface area contributed by atoms with Crippen LogP contribution in [0.1, 0.15) is 41.7 Å². The van der Waals surface area contributed by atoms with Gasteiger partial charge >= 0.3 is 12.1 Å². The first-order valence-electron chi connectivity index (χ1n) is 9.54. The number of thiazole rings is 1. The maximum absolute atomic E-state index is 12.4. The quantitative estimate of drug-likeness (QED) is 0.652. The van der Waals surface area contributed by atoms with Crippen molar-refractivity contribution in [3.63, 3.8) is 0 Å². The van der Waals surface area contributed by atoms with Crippen LogP contribution >= 0.6 is 11.3 Å². The summed E-state index contributed by atoms with van der Waals surface area (Å²) in [6.07, 6.45) is 0.345. The Morgan fingerprint density at radius 3 is 2.73 bits per heavy atom. The highest BCUT2D eigenvalue weighted by molar-refractivity contribution is 7.15. The largest absolute Gasteiger partial charge is 0.478 e. The summed E-state index contributed by atoms with van der Waals surface area (Å²) in [7, 11) is 1.86. The third-order valence-electron chi connectivity index (χ3n) is 4.73. The standard InChI is InChI=1S/C20H23N5O4S/c1-20(2,3)29-19(28)25-8-7-12-15(10-25)30-18(22-12)23-17-21-13-9-11(16(26)27)5-6-14(13)24(17)4/h5-6,9H,7-8,10H2,1-4H3,(H,26,27)(H,21,22,23). The van der Waals surface area contributed by atoms with Crippen molar-refractivity contribution in [1.29, 1.82) is 0 Å². The number of carboxylic acid groups (broad SMARTS) is 1. The fourth-order valence-electron chi connectivity index (χ4n) is 3.27. The number of carbonyl (C=O) groups is 2. The van der Waals surface area contributed by atoms with Gasteiger partial charge in [-0.3, -0.25) is 0 Å². The second-order valence-electron chi connectivity index (χ2n) is 8.17. The van der Waals surface area contributed by atoms with E-state index in [2.05, 4.69) is 15.3 Å². The summed E-state index contributed by atoms with van der Waals surface area (Å²) in [6.45, 7) is 6.59. The Balaban J connectivity index is 1.53. The number of nitrogens with one attached hydrogen (secondary N) is 1. The molecule has 1 amide bonds. The number of aromatic carboxylic acids is 1. The molecule has 1 aliphatic heterocycles. The molecule has 1 aliphatic rings. The van der Waals surface area contributed by atoms with Gasteiger partial charge in [-0.15, -0.1) is 0 Å². The molecule has 4 rings (SSSR count). The van der Waals surface area contributed by atoms with Crippen molar-refractivity contribution in [3.8, 4) is 0 Å². The maximum Gasteiger partial charge on any atom is 0.410 e. The molecule has 0 unspecified atom stereocenters. The molecular formula is C20H23N5O4S. The van der Waals surface area contributed by atoms with Gasteiger partial charge in [-0.2, -0.15) is 0 Å². The van der Waals surface area contributed by atoms with Crippen LogP contribution in [0.5, 0.6) is 0 Å². The van der Waals surface area contributed by atoms with E-state index >= 15 is 0 Å². The van der Waals surface area contributed by atoms with Crippen LogP contribution in [0.25, 0.3) is 11.0 Å². The molecule has 3 aromatic rings. The molecule has 0 saturated carbocycles. The highest BCUT2D eigenvalue weighted by Crippen LogP contribution is 2.31. The topological polar surface area (TPSA) is 110 Å². The number of nitrogens with zero attached hydrogens (tertiary/aromatic N) is 4. The first-order valence-corrected chi connectivity index (χ1v) is 10.4. The van der Waals surface area contributed by atoms with Crippen LogP contribution in [0.15, 0.2) is 18.2 Å². The lowest BCUT2D eigenvalue weighted by Gasteiger charge is -2.29. The molecule has 1 aromatic carbocycles. The highest BCUT2D eigenvalue weighted by atomic mass is 32.1. The average Bonchev–Trinajstić information content (AvgIpc) is 3.20. The molecule has 30 heavy (non-hydrogen) atoms. The Kier molecular flexibility index (Phi) is 4.89. The van der Waals surface area contributed by atoms with E-state index in [1.807, 2.05) is 32.4 Å². The third-order valence-corrected chi connectivity index (χ3v) is 5.73. The van der Waals surface area contributed by atoms with Gasteiger partial charge < -0.3 is 24.6 Å². The molecule has 0 radical (unpaired) electrons. The molecule has 0 saturated heterocycles. The zero-order valence-corrected chi connectivity index (χ0v) is 18.0. The predicted molar refractivity (Wildman–Crippen MR) is 113 cm³/mol. The zero-order valence-electron chi connectivity index (χ0n) is 17.2. The number of rotatable bonds is 3. The third kappa shape index (κ3) is 3.95. The van der Waals surface area contributed by atoms with Gasteiger partial charge in [0.2, 0.25) is 5.95 Å². The van der Waals surface area contributed by atoms with Crippen LogP contribution in [0.4, 0.5) is 15.9 Å². The first-order chi connectivity index (χ1) is 14.1. The molecule has 2 N–H and O–H groups in total. The second kappa shape index (κ2) is 7.28. The normalized spacial score (nSPS) is 13.9. The van der Waals surface area contributed by atoms with Gasteiger partial charge in [0, 0.05) is 24.9 Å². The van der Waals surface area contributed by atoms with E-state index in [0.29, 0.717) is 36.1 Å². The van der Waals surface area contributed by atoms with Crippen LogP contribution in [0, 0.1) is 0 Å². The van der Waals surface area contributed by atoms with E-state index in [1.165, 1.54) is 11.3 Å². The van der Waals surface area contributed by atoms with Gasteiger partial charge in [-0.25, -0.2) is 19.6 Å². The Labute approximate surface area is 177 Å². The van der Waals surface area contributed by atoms with Crippen molar-refractivity contribution >= 4 is 45.5 Å². The summed E-state index contributed by atoms with van der Waals surface area (Å²) in [5.41, 5.74) is 2.05. The van der Waals surface area contributed by atoms with Crippen LogP contribution in [-0.4, -0.2) is 48.7 Å². The molecule has 2 aromatic heterocycles. The monoisotopic (exact) mass is 429 g/mol. The minimum Gasteiger partial charge on any atom is -0.478 e. The van der Waals surface area contributed by atoms with Crippen molar-refractivity contribution < 1.29 is 19.4 Å². The fourth-order valence-corrected chi connectivity index (χ4v) is 4.29. The number of anilines is 2. The number of carbonyl (C=O) groups excluding carboxylic acids is 1. The minimum atomic E-state index is -0.987. The molecule has 158 valence electrons. The number of aryl methyl sites for hydroxylation is 1. The Bertz CT molecular complexity index is 1140. The summed E-state index contributed by atoms with van der Waals surface area (Å²) in [4.78, 5) is 35.4. The second-order valence-corrected chi connectivity index (χ2v) is 9.25. The van der Waals surface area contributed by atoms with Crippen molar-refractivity contribution in [3.05, 3.63) is 34.3 Å². The Morgan fingerprint density at radius 2 is 2.03 bits per heavy atom. The lowest BCUT2D eigenvalue weighted by atomic mass is 10.2. The molecule has 10 heteroatoms. The van der Waals surface area contributed by atoms with Crippen molar-refractivity contribution in [2.24, 2.45) is 7.05 Å². The number of benzene rings is 1. The van der Waals surface area contributed by atoms with Crippen LogP contribution in [-0.2, 0) is 24.8 Å². The van der Waals surface area contributed by atoms with E-state index in [0.717, 1.165) is 16.1 Å². The van der Waals surface area contributed by atoms with Crippen LogP contribution in [0.3, 0.4) is 0 Å². The van der Waals surface area contributed by atoms with Crippen molar-refractivity contribution in [2.75, 3.05) is 11.9 Å². The molecule has 0 fully saturated rings. The van der Waals surface area contributed by atoms with Gasteiger partial charge in [-0.1, -0.05) is 11.3 Å². The number of carboxylic acids is 1. The SMILES string of the molecule is Cn1c(Nc2nc3c(s2)CN(C(=O)OC(C)(C)C)CC3)nc2cc(C(=O)O)ccc21. The zero-order chi connectivity index (χ0) is 21.6. The number of fused-ring (bicyclic) bond motifs is 2. The molecule has 0 aliphatic carbocycles. The molecular weight excluding hydrogens is 406 g/mol. The molecule has 0 spiro atoms. The number of hydrogen-bond donors (Lipinski definition) is 2. The summed E-state index contributed by atoms with van der Waals surface area (Å²) in [6, 6.07) is 4.85. The fraction of sp³-hybridized carbons (Fsp3) is 0.400. The first kappa shape index (κ1) is 20.1. The number of imidazole rings is 1. The Morgan fingerprint density at radius 1 is 1.27 bits per heavy atom. The molecule has 0 bridgehead atoms. The van der Waals surface area contributed by atoms with E-state index < -0.39 is 11.6 Å². The predicted octanol–water partition coefficient (Wildman–Crippen LogP) is 3.76. The Hall–Kier alpha value is -3.14. The number of aromatic nitrogens is 3. The van der Waals surface area contributed by atoms with Gasteiger partial charge in [0.1, 0.15) is 5.60 Å². The lowest BCUT2D eigenvalue weighted by molar-refractivity contribution is 0.0225. The smallest absolute Gasteiger partial charge is 0.410 e. The molecule has 9 nitrogen and oxygen atoms in total. The van der Waals surface area contributed by atoms with E-state index in [-0.39, 0.29) is 11.7 Å². The summed E-state index contributed by atoms with van der Waals surface area (Å²) >= 11 is 1.48. The van der Waals surface area contributed by atoms with Gasteiger partial charge in [0.05, 0.1) is 28.8 Å². The number of amides is 1. The summed E-state index contributed by atoms with van der Waals surface area (Å²) < 4.78 is 7.33. The average molecular weight is 430 g/mol. The van der Waals surface area contributed by atoms with E-state index in [4.69, 9.17) is 4.74 Å². The summed E-state index contributed by atoms with van der Waals surface area (Å²) in [5, 5.41) is 13.1. The van der Waals surface area contributed by atoms with Gasteiger partial charge in [-0.05, 0) is 39.0 Å². The highest BCUT2D eigenvalue weighted by Gasteiger charge is 2.28. The molecule has 3 heterocycles. The summed E-state index contributed by atoms with van der Waals surface area (Å²) in [5.74, 6) is -0.415. The van der Waals surface area contributed by atoms with Crippen molar-refractivity contribution in [1.82, 2.24) is 19.4 Å². The van der Waals surface area contributed by atoms with Crippen molar-refractivity contribution in [2.45, 2.75) is 39.3 Å². The van der Waals surface area contributed by atoms with Gasteiger partial charge in [0.15, 0.2) is 5.13 Å².